The second-order valence-electron chi connectivity index (χ2n) is 5.03. The summed E-state index contributed by atoms with van der Waals surface area (Å²) >= 11 is 5.94. The Bertz CT molecular complexity index is 871. The highest BCUT2D eigenvalue weighted by molar-refractivity contribution is 6.30. The van der Waals surface area contributed by atoms with E-state index in [1.165, 1.54) is 6.08 Å². The minimum absolute atomic E-state index is 0.607. The van der Waals surface area contributed by atoms with Crippen LogP contribution in [0, 0.1) is 0 Å². The van der Waals surface area contributed by atoms with Crippen molar-refractivity contribution in [2.75, 3.05) is 0 Å². The zero-order valence-corrected chi connectivity index (χ0v) is 13.3. The Morgan fingerprint density at radius 2 is 1.83 bits per heavy atom. The lowest BCUT2D eigenvalue weighted by molar-refractivity contribution is -0.124. The number of hydrogen-bond donors (Lipinski definition) is 2. The number of benzene rings is 2. The zero-order valence-electron chi connectivity index (χ0n) is 12.6. The predicted octanol–water partition coefficient (Wildman–Crippen LogP) is 3.71. The van der Waals surface area contributed by atoms with E-state index in [1.54, 1.807) is 28.4 Å². The maximum atomic E-state index is 11.3. The van der Waals surface area contributed by atoms with E-state index in [0.29, 0.717) is 10.7 Å². The minimum Gasteiger partial charge on any atom is -0.288 e. The monoisotopic (exact) mass is 339 g/mol. The molecule has 3 aromatic rings. The molecule has 120 valence electrons. The van der Waals surface area contributed by atoms with Gasteiger partial charge in [0, 0.05) is 28.4 Å². The lowest BCUT2D eigenvalue weighted by Gasteiger charge is -2.00. The standard InChI is InChI=1S/C18H14ClN3O2/c19-15-9-6-13(7-10-15)18-14(8-11-17(23)21-24)12-22(20-18)16-4-2-1-3-5-16/h1-12,24H,(H,21,23). The van der Waals surface area contributed by atoms with Gasteiger partial charge in [-0.05, 0) is 30.3 Å². The van der Waals surface area contributed by atoms with Crippen LogP contribution in [0.4, 0.5) is 0 Å². The maximum absolute atomic E-state index is 11.3. The summed E-state index contributed by atoms with van der Waals surface area (Å²) in [5, 5.41) is 13.9. The van der Waals surface area contributed by atoms with Crippen molar-refractivity contribution in [2.45, 2.75) is 0 Å². The molecule has 2 N–H and O–H groups in total. The Hall–Kier alpha value is -2.89. The van der Waals surface area contributed by atoms with Gasteiger partial charge in [0.15, 0.2) is 0 Å². The first kappa shape index (κ1) is 16.0. The first-order valence-electron chi connectivity index (χ1n) is 7.20. The smallest absolute Gasteiger partial charge is 0.267 e. The third kappa shape index (κ3) is 3.53. The number of aromatic nitrogens is 2. The number of hydrogen-bond acceptors (Lipinski definition) is 3. The molecule has 5 nitrogen and oxygen atoms in total. The van der Waals surface area contributed by atoms with Crippen molar-refractivity contribution < 1.29 is 10.0 Å². The molecule has 2 aromatic carbocycles. The molecule has 0 aliphatic rings. The molecule has 0 bridgehead atoms. The summed E-state index contributed by atoms with van der Waals surface area (Å²) < 4.78 is 1.74. The highest BCUT2D eigenvalue weighted by Crippen LogP contribution is 2.26. The van der Waals surface area contributed by atoms with Gasteiger partial charge in [0.2, 0.25) is 0 Å². The van der Waals surface area contributed by atoms with Crippen LogP contribution < -0.4 is 5.48 Å². The Morgan fingerprint density at radius 3 is 2.50 bits per heavy atom. The second kappa shape index (κ2) is 7.12. The third-order valence-electron chi connectivity index (χ3n) is 3.41. The molecule has 0 fully saturated rings. The minimum atomic E-state index is -0.607. The summed E-state index contributed by atoms with van der Waals surface area (Å²) in [5.41, 5.74) is 4.79. The quantitative estimate of drug-likeness (QED) is 0.432. The van der Waals surface area contributed by atoms with Crippen molar-refractivity contribution in [3.63, 3.8) is 0 Å². The van der Waals surface area contributed by atoms with Crippen LogP contribution in [0.1, 0.15) is 5.56 Å². The Labute approximate surface area is 143 Å². The van der Waals surface area contributed by atoms with Gasteiger partial charge in [-0.15, -0.1) is 0 Å². The van der Waals surface area contributed by atoms with Crippen molar-refractivity contribution in [3.05, 3.63) is 77.5 Å². The average Bonchev–Trinajstić information content (AvgIpc) is 3.05. The Kier molecular flexibility index (Phi) is 4.74. The lowest BCUT2D eigenvalue weighted by Crippen LogP contribution is -2.14. The molecule has 0 spiro atoms. The van der Waals surface area contributed by atoms with Crippen LogP contribution in [0.25, 0.3) is 23.0 Å². The van der Waals surface area contributed by atoms with Crippen LogP contribution in [0.2, 0.25) is 5.02 Å². The van der Waals surface area contributed by atoms with E-state index in [0.717, 1.165) is 16.8 Å². The molecule has 1 aromatic heterocycles. The Morgan fingerprint density at radius 1 is 1.12 bits per heavy atom. The number of hydroxylamine groups is 1. The molecule has 0 radical (unpaired) electrons. The van der Waals surface area contributed by atoms with Gasteiger partial charge in [-0.25, -0.2) is 10.2 Å². The molecule has 24 heavy (non-hydrogen) atoms. The third-order valence-corrected chi connectivity index (χ3v) is 3.66. The van der Waals surface area contributed by atoms with Crippen molar-refractivity contribution in [3.8, 4) is 16.9 Å². The first-order chi connectivity index (χ1) is 11.7. The fourth-order valence-corrected chi connectivity index (χ4v) is 2.38. The van der Waals surface area contributed by atoms with Gasteiger partial charge in [-0.3, -0.25) is 10.0 Å². The van der Waals surface area contributed by atoms with Crippen LogP contribution in [-0.2, 0) is 4.79 Å². The summed E-state index contributed by atoms with van der Waals surface area (Å²) in [6.07, 6.45) is 4.66. The van der Waals surface area contributed by atoms with Gasteiger partial charge in [0.1, 0.15) is 0 Å². The second-order valence-corrected chi connectivity index (χ2v) is 5.47. The Balaban J connectivity index is 2.07. The number of nitrogens with one attached hydrogen (secondary N) is 1. The van der Waals surface area contributed by atoms with Crippen molar-refractivity contribution in [1.29, 1.82) is 0 Å². The number of carbonyl (C=O) groups is 1. The molecule has 0 saturated carbocycles. The average molecular weight is 340 g/mol. The largest absolute Gasteiger partial charge is 0.288 e. The summed E-state index contributed by atoms with van der Waals surface area (Å²) in [5.74, 6) is -0.607. The van der Waals surface area contributed by atoms with Gasteiger partial charge in [-0.2, -0.15) is 5.10 Å². The van der Waals surface area contributed by atoms with E-state index >= 15 is 0 Å². The molecule has 0 atom stereocenters. The fraction of sp³-hybridized carbons (Fsp3) is 0. The molecule has 0 unspecified atom stereocenters. The molecular formula is C18H14ClN3O2. The first-order valence-corrected chi connectivity index (χ1v) is 7.58. The summed E-state index contributed by atoms with van der Waals surface area (Å²) in [4.78, 5) is 11.3. The summed E-state index contributed by atoms with van der Waals surface area (Å²) in [6, 6.07) is 17.0. The van der Waals surface area contributed by atoms with E-state index in [-0.39, 0.29) is 0 Å². The van der Waals surface area contributed by atoms with Gasteiger partial charge in [0.25, 0.3) is 5.91 Å². The van der Waals surface area contributed by atoms with E-state index in [4.69, 9.17) is 16.8 Å². The SMILES string of the molecule is O=C(C=Cc1cn(-c2ccccc2)nc1-c1ccc(Cl)cc1)NO. The van der Waals surface area contributed by atoms with Gasteiger partial charge >= 0.3 is 0 Å². The normalized spacial score (nSPS) is 10.9. The van der Waals surface area contributed by atoms with E-state index in [9.17, 15) is 4.79 Å². The van der Waals surface area contributed by atoms with Gasteiger partial charge in [0.05, 0.1) is 11.4 Å². The van der Waals surface area contributed by atoms with Crippen LogP contribution >= 0.6 is 11.6 Å². The van der Waals surface area contributed by atoms with E-state index in [1.807, 2.05) is 48.7 Å². The summed E-state index contributed by atoms with van der Waals surface area (Å²) in [6.45, 7) is 0. The molecule has 3 rings (SSSR count). The molecular weight excluding hydrogens is 326 g/mol. The molecule has 0 aliphatic carbocycles. The van der Waals surface area contributed by atoms with E-state index < -0.39 is 5.91 Å². The van der Waals surface area contributed by atoms with Gasteiger partial charge in [-0.1, -0.05) is 41.9 Å². The highest BCUT2D eigenvalue weighted by atomic mass is 35.5. The zero-order chi connectivity index (χ0) is 16.9. The number of halogens is 1. The predicted molar refractivity (Wildman–Crippen MR) is 93.0 cm³/mol. The van der Waals surface area contributed by atoms with Crippen LogP contribution in [0.15, 0.2) is 66.9 Å². The molecule has 1 heterocycles. The van der Waals surface area contributed by atoms with Crippen LogP contribution in [0.3, 0.4) is 0 Å². The van der Waals surface area contributed by atoms with E-state index in [2.05, 4.69) is 5.10 Å². The maximum Gasteiger partial charge on any atom is 0.267 e. The topological polar surface area (TPSA) is 67.2 Å². The molecule has 0 saturated heterocycles. The van der Waals surface area contributed by atoms with Crippen LogP contribution in [0.5, 0.6) is 0 Å². The van der Waals surface area contributed by atoms with Crippen molar-refractivity contribution in [1.82, 2.24) is 15.3 Å². The number of para-hydroxylation sites is 1. The van der Waals surface area contributed by atoms with Gasteiger partial charge < -0.3 is 0 Å². The molecule has 0 aliphatic heterocycles. The molecule has 6 heteroatoms. The number of nitrogens with zero attached hydrogens (tertiary/aromatic N) is 2. The molecule has 1 amide bonds. The number of amides is 1. The van der Waals surface area contributed by atoms with Crippen molar-refractivity contribution >= 4 is 23.6 Å². The lowest BCUT2D eigenvalue weighted by atomic mass is 10.1. The number of carbonyl (C=O) groups excluding carboxylic acids is 1. The highest BCUT2D eigenvalue weighted by Gasteiger charge is 2.11. The van der Waals surface area contributed by atoms with Crippen LogP contribution in [-0.4, -0.2) is 20.9 Å². The fourth-order valence-electron chi connectivity index (χ4n) is 2.26. The van der Waals surface area contributed by atoms with Crippen molar-refractivity contribution in [2.24, 2.45) is 0 Å². The summed E-state index contributed by atoms with van der Waals surface area (Å²) in [7, 11) is 0. The number of rotatable bonds is 4.